The van der Waals surface area contributed by atoms with Crippen LogP contribution in [0.2, 0.25) is 0 Å². The first kappa shape index (κ1) is 9.66. The molecule has 0 aromatic heterocycles. The lowest BCUT2D eigenvalue weighted by Crippen LogP contribution is -2.33. The summed E-state index contributed by atoms with van der Waals surface area (Å²) in [4.78, 5) is 0. The third-order valence-electron chi connectivity index (χ3n) is 3.00. The molecule has 1 aliphatic heterocycles. The largest absolute Gasteiger partial charge is 0.305 e. The van der Waals surface area contributed by atoms with Gasteiger partial charge in [-0.25, -0.2) is 4.39 Å². The second-order valence-electron chi connectivity index (χ2n) is 4.38. The molecule has 1 heterocycles. The van der Waals surface area contributed by atoms with Gasteiger partial charge in [0.15, 0.2) is 0 Å². The van der Waals surface area contributed by atoms with Crippen LogP contribution in [0, 0.1) is 6.92 Å². The second kappa shape index (κ2) is 3.35. The molecular weight excluding hydrogens is 177 g/mol. The summed E-state index contributed by atoms with van der Waals surface area (Å²) in [6.07, 6.45) is -0.128. The number of hydrogen-bond acceptors (Lipinski definition) is 1. The van der Waals surface area contributed by atoms with Gasteiger partial charge in [-0.05, 0) is 19.4 Å². The van der Waals surface area contributed by atoms with E-state index in [9.17, 15) is 4.39 Å². The molecule has 2 atom stereocenters. The van der Waals surface area contributed by atoms with Crippen molar-refractivity contribution < 1.29 is 4.39 Å². The number of aryl methyl sites for hydroxylation is 1. The van der Waals surface area contributed by atoms with Gasteiger partial charge in [-0.2, -0.15) is 0 Å². The van der Waals surface area contributed by atoms with Crippen molar-refractivity contribution in [3.8, 4) is 0 Å². The van der Waals surface area contributed by atoms with Gasteiger partial charge in [0.1, 0.15) is 6.17 Å². The molecule has 1 nitrogen and oxygen atoms in total. The highest BCUT2D eigenvalue weighted by atomic mass is 19.1. The van der Waals surface area contributed by atoms with Crippen molar-refractivity contribution in [1.29, 1.82) is 0 Å². The number of hydrogen-bond donors (Lipinski definition) is 1. The molecule has 0 spiro atoms. The van der Waals surface area contributed by atoms with Gasteiger partial charge in [0, 0.05) is 18.5 Å². The molecule has 0 saturated carbocycles. The topological polar surface area (TPSA) is 12.0 Å². The SMILES string of the molecule is Cc1cccc(C2(C)CC(F)CN2)c1. The Morgan fingerprint density at radius 2 is 2.29 bits per heavy atom. The summed E-state index contributed by atoms with van der Waals surface area (Å²) in [5.41, 5.74) is 2.25. The maximum absolute atomic E-state index is 13.1. The lowest BCUT2D eigenvalue weighted by atomic mass is 9.89. The van der Waals surface area contributed by atoms with Gasteiger partial charge in [-0.3, -0.25) is 0 Å². The number of benzene rings is 1. The van der Waals surface area contributed by atoms with Gasteiger partial charge < -0.3 is 5.32 Å². The molecule has 2 heteroatoms. The van der Waals surface area contributed by atoms with E-state index in [2.05, 4.69) is 37.4 Å². The van der Waals surface area contributed by atoms with Crippen molar-refractivity contribution in [2.24, 2.45) is 0 Å². The number of nitrogens with one attached hydrogen (secondary N) is 1. The Labute approximate surface area is 84.3 Å². The molecule has 14 heavy (non-hydrogen) atoms. The van der Waals surface area contributed by atoms with Crippen LogP contribution >= 0.6 is 0 Å². The van der Waals surface area contributed by atoms with Crippen molar-refractivity contribution in [1.82, 2.24) is 5.32 Å². The average molecular weight is 193 g/mol. The molecular formula is C12H16FN. The van der Waals surface area contributed by atoms with E-state index in [0.717, 1.165) is 0 Å². The maximum Gasteiger partial charge on any atom is 0.115 e. The lowest BCUT2D eigenvalue weighted by Gasteiger charge is -2.25. The number of alkyl halides is 1. The Bertz CT molecular complexity index is 337. The molecule has 0 bridgehead atoms. The van der Waals surface area contributed by atoms with Gasteiger partial charge in [0.2, 0.25) is 0 Å². The van der Waals surface area contributed by atoms with Crippen LogP contribution in [0.15, 0.2) is 24.3 Å². The summed E-state index contributed by atoms with van der Waals surface area (Å²) >= 11 is 0. The lowest BCUT2D eigenvalue weighted by molar-refractivity contribution is 0.333. The zero-order valence-electron chi connectivity index (χ0n) is 8.68. The van der Waals surface area contributed by atoms with Crippen LogP contribution in [0.1, 0.15) is 24.5 Å². The smallest absolute Gasteiger partial charge is 0.115 e. The van der Waals surface area contributed by atoms with Crippen LogP contribution < -0.4 is 5.32 Å². The molecule has 0 aliphatic carbocycles. The standard InChI is InChI=1S/C12H16FN/c1-9-4-3-5-10(6-9)12(2)7-11(13)8-14-12/h3-6,11,14H,7-8H2,1-2H3. The van der Waals surface area contributed by atoms with E-state index in [-0.39, 0.29) is 5.54 Å². The van der Waals surface area contributed by atoms with Gasteiger partial charge in [0.25, 0.3) is 0 Å². The highest BCUT2D eigenvalue weighted by molar-refractivity contribution is 5.29. The van der Waals surface area contributed by atoms with E-state index in [1.165, 1.54) is 11.1 Å². The molecule has 2 rings (SSSR count). The van der Waals surface area contributed by atoms with Crippen molar-refractivity contribution in [3.05, 3.63) is 35.4 Å². The molecule has 1 aromatic rings. The molecule has 0 radical (unpaired) electrons. The van der Waals surface area contributed by atoms with E-state index in [4.69, 9.17) is 0 Å². The zero-order valence-corrected chi connectivity index (χ0v) is 8.68. The Morgan fingerprint density at radius 3 is 2.86 bits per heavy atom. The molecule has 0 amide bonds. The Hall–Kier alpha value is -0.890. The molecule has 1 N–H and O–H groups in total. The summed E-state index contributed by atoms with van der Waals surface area (Å²) in [5, 5.41) is 3.25. The van der Waals surface area contributed by atoms with Crippen LogP contribution in [-0.2, 0) is 5.54 Å². The zero-order chi connectivity index (χ0) is 10.2. The monoisotopic (exact) mass is 193 g/mol. The number of halogens is 1. The van der Waals surface area contributed by atoms with E-state index in [1.807, 2.05) is 6.07 Å². The molecule has 76 valence electrons. The first-order chi connectivity index (χ1) is 6.60. The van der Waals surface area contributed by atoms with Crippen LogP contribution in [-0.4, -0.2) is 12.7 Å². The molecule has 1 saturated heterocycles. The second-order valence-corrected chi connectivity index (χ2v) is 4.38. The summed E-state index contributed by atoms with van der Waals surface area (Å²) < 4.78 is 13.1. The third kappa shape index (κ3) is 1.67. The summed E-state index contributed by atoms with van der Waals surface area (Å²) in [7, 11) is 0. The summed E-state index contributed by atoms with van der Waals surface area (Å²) in [6, 6.07) is 8.29. The van der Waals surface area contributed by atoms with Crippen molar-refractivity contribution in [2.45, 2.75) is 32.0 Å². The van der Waals surface area contributed by atoms with Crippen molar-refractivity contribution in [3.63, 3.8) is 0 Å². The van der Waals surface area contributed by atoms with Crippen LogP contribution in [0.3, 0.4) is 0 Å². The Kier molecular flexibility index (Phi) is 2.31. The highest BCUT2D eigenvalue weighted by Crippen LogP contribution is 2.31. The highest BCUT2D eigenvalue weighted by Gasteiger charge is 2.35. The fourth-order valence-corrected chi connectivity index (χ4v) is 2.13. The van der Waals surface area contributed by atoms with Crippen molar-refractivity contribution >= 4 is 0 Å². The van der Waals surface area contributed by atoms with Crippen LogP contribution in [0.4, 0.5) is 4.39 Å². The fourth-order valence-electron chi connectivity index (χ4n) is 2.13. The van der Waals surface area contributed by atoms with Crippen LogP contribution in [0.25, 0.3) is 0 Å². The van der Waals surface area contributed by atoms with Gasteiger partial charge in [-0.15, -0.1) is 0 Å². The minimum atomic E-state index is -0.708. The Morgan fingerprint density at radius 1 is 1.50 bits per heavy atom. The van der Waals surface area contributed by atoms with E-state index in [1.54, 1.807) is 0 Å². The molecule has 1 aromatic carbocycles. The predicted octanol–water partition coefficient (Wildman–Crippen LogP) is 2.54. The van der Waals surface area contributed by atoms with E-state index >= 15 is 0 Å². The van der Waals surface area contributed by atoms with E-state index in [0.29, 0.717) is 13.0 Å². The normalized spacial score (nSPS) is 32.1. The first-order valence-corrected chi connectivity index (χ1v) is 5.06. The Balaban J connectivity index is 2.30. The minimum Gasteiger partial charge on any atom is -0.305 e. The van der Waals surface area contributed by atoms with E-state index < -0.39 is 6.17 Å². The fraction of sp³-hybridized carbons (Fsp3) is 0.500. The van der Waals surface area contributed by atoms with Gasteiger partial charge in [0.05, 0.1) is 0 Å². The first-order valence-electron chi connectivity index (χ1n) is 5.06. The summed E-state index contributed by atoms with van der Waals surface area (Å²) in [6.45, 7) is 4.61. The number of rotatable bonds is 1. The van der Waals surface area contributed by atoms with Crippen molar-refractivity contribution in [2.75, 3.05) is 6.54 Å². The molecule has 2 unspecified atom stereocenters. The molecule has 1 aliphatic rings. The van der Waals surface area contributed by atoms with Crippen LogP contribution in [0.5, 0.6) is 0 Å². The van der Waals surface area contributed by atoms with Gasteiger partial charge >= 0.3 is 0 Å². The quantitative estimate of drug-likeness (QED) is 0.722. The third-order valence-corrected chi connectivity index (χ3v) is 3.00. The summed E-state index contributed by atoms with van der Waals surface area (Å²) in [5.74, 6) is 0. The minimum absolute atomic E-state index is 0.175. The molecule has 1 fully saturated rings. The maximum atomic E-state index is 13.1. The predicted molar refractivity (Wildman–Crippen MR) is 56.0 cm³/mol. The average Bonchev–Trinajstić information content (AvgIpc) is 2.48. The van der Waals surface area contributed by atoms with Gasteiger partial charge in [-0.1, -0.05) is 29.8 Å².